The molecular weight excluding hydrogens is 459 g/mol. The number of imidazole rings is 1. The first-order valence-electron chi connectivity index (χ1n) is 11.5. The van der Waals surface area contributed by atoms with Gasteiger partial charge in [-0.2, -0.15) is 0 Å². The summed E-state index contributed by atoms with van der Waals surface area (Å²) in [5.74, 6) is -0.00726. The number of β-amino-alcohol motifs (C(OH)–C–C–N with tert-alkyl or cyclic N) is 1. The van der Waals surface area contributed by atoms with Crippen LogP contribution in [-0.4, -0.2) is 51.4 Å². The number of benzene rings is 2. The molecule has 2 aromatic carbocycles. The van der Waals surface area contributed by atoms with Crippen LogP contribution in [0.25, 0.3) is 11.0 Å². The first-order valence-corrected chi connectivity index (χ1v) is 11.5. The van der Waals surface area contributed by atoms with E-state index in [2.05, 4.69) is 10.2 Å². The summed E-state index contributed by atoms with van der Waals surface area (Å²) in [4.78, 5) is 28.0. The number of nitrogens with zero attached hydrogens (tertiary/aromatic N) is 3. The Morgan fingerprint density at radius 2 is 1.71 bits per heavy atom. The Morgan fingerprint density at radius 1 is 1.09 bits per heavy atom. The number of fused-ring (bicyclic) bond motifs is 1. The van der Waals surface area contributed by atoms with Gasteiger partial charge in [-0.25, -0.2) is 18.5 Å². The van der Waals surface area contributed by atoms with Crippen LogP contribution in [0.1, 0.15) is 44.4 Å². The summed E-state index contributed by atoms with van der Waals surface area (Å²) in [6.45, 7) is 6.47. The Kier molecular flexibility index (Phi) is 8.52. The number of likely N-dealkylation sites (tertiary alicyclic amines) is 1. The van der Waals surface area contributed by atoms with E-state index >= 15 is 0 Å². The van der Waals surface area contributed by atoms with Gasteiger partial charge in [0.1, 0.15) is 5.82 Å². The van der Waals surface area contributed by atoms with Crippen LogP contribution in [0.2, 0.25) is 0 Å². The number of amides is 1. The van der Waals surface area contributed by atoms with Gasteiger partial charge in [0.25, 0.3) is 0 Å². The van der Waals surface area contributed by atoms with Gasteiger partial charge in [0.2, 0.25) is 0 Å². The number of aromatic nitrogens is 2. The maximum absolute atomic E-state index is 13.1. The van der Waals surface area contributed by atoms with Crippen LogP contribution in [0.15, 0.2) is 53.3 Å². The van der Waals surface area contributed by atoms with E-state index in [0.29, 0.717) is 30.1 Å². The van der Waals surface area contributed by atoms with Gasteiger partial charge in [-0.05, 0) is 75.5 Å². The number of halogens is 2. The number of para-hydroxylation sites is 2. The molecule has 0 saturated carbocycles. The highest BCUT2D eigenvalue weighted by Crippen LogP contribution is 2.21. The molecule has 0 aliphatic carbocycles. The van der Waals surface area contributed by atoms with Gasteiger partial charge in [-0.3, -0.25) is 4.57 Å². The summed E-state index contributed by atoms with van der Waals surface area (Å²) in [5.41, 5.74) is 1.74. The van der Waals surface area contributed by atoms with Crippen LogP contribution in [0.5, 0.6) is 0 Å². The number of carbonyl (C=O) groups excluding carboxylic acids is 1. The lowest BCUT2D eigenvalue weighted by atomic mass is 9.96. The van der Waals surface area contributed by atoms with Crippen LogP contribution >= 0.6 is 12.4 Å². The standard InChI is InChI=1S/C25H31FN4O3.ClH/c1-17(2)29-21-5-3-4-6-22(21)30(25(29)33)24(32)27-15-18-11-13-28(14-12-18)16-23(31)19-7-9-20(26)10-8-19;/h3-10,17-18,23,31H,11-16H2,1-2H3,(H,27,32);1H. The third kappa shape index (κ3) is 5.51. The summed E-state index contributed by atoms with van der Waals surface area (Å²) in [5, 5.41) is 13.4. The second kappa shape index (κ2) is 11.2. The van der Waals surface area contributed by atoms with Crippen molar-refractivity contribution in [3.05, 3.63) is 70.4 Å². The Hall–Kier alpha value is -2.68. The lowest BCUT2D eigenvalue weighted by Gasteiger charge is -2.33. The van der Waals surface area contributed by atoms with E-state index in [0.717, 1.165) is 31.4 Å². The van der Waals surface area contributed by atoms with E-state index < -0.39 is 12.1 Å². The molecular formula is C25H32ClFN4O3. The second-order valence-electron chi connectivity index (χ2n) is 9.07. The summed E-state index contributed by atoms with van der Waals surface area (Å²) >= 11 is 0. The van der Waals surface area contributed by atoms with Gasteiger partial charge >= 0.3 is 11.7 Å². The molecule has 184 valence electrons. The topological polar surface area (TPSA) is 79.5 Å². The minimum absolute atomic E-state index is 0. The minimum atomic E-state index is -0.660. The van der Waals surface area contributed by atoms with Crippen molar-refractivity contribution in [3.8, 4) is 0 Å². The highest BCUT2D eigenvalue weighted by molar-refractivity contribution is 5.89. The lowest BCUT2D eigenvalue weighted by molar-refractivity contribution is 0.0894. The number of hydrogen-bond acceptors (Lipinski definition) is 4. The van der Waals surface area contributed by atoms with Crippen LogP contribution in [0.3, 0.4) is 0 Å². The SMILES string of the molecule is CC(C)n1c(=O)n(C(=O)NCC2CCN(CC(O)c3ccc(F)cc3)CC2)c2ccccc21.Cl. The Bertz CT molecular complexity index is 1170. The maximum atomic E-state index is 13.1. The second-order valence-corrected chi connectivity index (χ2v) is 9.07. The van der Waals surface area contributed by atoms with Crippen molar-refractivity contribution in [2.24, 2.45) is 5.92 Å². The fourth-order valence-electron chi connectivity index (χ4n) is 4.58. The van der Waals surface area contributed by atoms with Crippen LogP contribution < -0.4 is 11.0 Å². The predicted molar refractivity (Wildman–Crippen MR) is 133 cm³/mol. The van der Waals surface area contributed by atoms with Crippen LogP contribution in [0.4, 0.5) is 9.18 Å². The molecule has 1 atom stereocenters. The zero-order valence-corrected chi connectivity index (χ0v) is 20.3. The van der Waals surface area contributed by atoms with Gasteiger partial charge in [-0.15, -0.1) is 12.4 Å². The average Bonchev–Trinajstić information content (AvgIpc) is 3.10. The normalized spacial score (nSPS) is 15.9. The summed E-state index contributed by atoms with van der Waals surface area (Å²) in [6.07, 6.45) is 1.12. The Balaban J connectivity index is 0.00000324. The molecule has 2 N–H and O–H groups in total. The number of carbonyl (C=O) groups is 1. The quantitative estimate of drug-likeness (QED) is 0.548. The van der Waals surface area contributed by atoms with Crippen LogP contribution in [-0.2, 0) is 0 Å². The molecule has 2 heterocycles. The molecule has 1 aliphatic rings. The van der Waals surface area contributed by atoms with Crippen molar-refractivity contribution in [3.63, 3.8) is 0 Å². The molecule has 1 amide bonds. The molecule has 1 unspecified atom stereocenters. The van der Waals surface area contributed by atoms with E-state index in [-0.39, 0.29) is 30.0 Å². The highest BCUT2D eigenvalue weighted by atomic mass is 35.5. The van der Waals surface area contributed by atoms with E-state index in [9.17, 15) is 19.1 Å². The zero-order valence-electron chi connectivity index (χ0n) is 19.5. The highest BCUT2D eigenvalue weighted by Gasteiger charge is 2.24. The number of hydrogen-bond donors (Lipinski definition) is 2. The van der Waals surface area contributed by atoms with Crippen molar-refractivity contribution < 1.29 is 14.3 Å². The zero-order chi connectivity index (χ0) is 23.5. The minimum Gasteiger partial charge on any atom is -0.387 e. The molecule has 0 radical (unpaired) electrons. The van der Waals surface area contributed by atoms with Gasteiger partial charge in [0, 0.05) is 19.1 Å². The number of aliphatic hydroxyl groups is 1. The number of nitrogens with one attached hydrogen (secondary N) is 1. The van der Waals surface area contributed by atoms with E-state index in [1.54, 1.807) is 22.8 Å². The molecule has 7 nitrogen and oxygen atoms in total. The molecule has 4 rings (SSSR count). The molecule has 0 bridgehead atoms. The third-order valence-electron chi connectivity index (χ3n) is 6.43. The van der Waals surface area contributed by atoms with E-state index in [1.807, 2.05) is 32.0 Å². The lowest BCUT2D eigenvalue weighted by Crippen LogP contribution is -2.42. The molecule has 1 aromatic heterocycles. The van der Waals surface area contributed by atoms with Crippen LogP contribution in [0, 0.1) is 11.7 Å². The smallest absolute Gasteiger partial charge is 0.337 e. The van der Waals surface area contributed by atoms with Gasteiger partial charge in [0.15, 0.2) is 0 Å². The third-order valence-corrected chi connectivity index (χ3v) is 6.43. The van der Waals surface area contributed by atoms with Crippen molar-refractivity contribution in [1.82, 2.24) is 19.4 Å². The molecule has 9 heteroatoms. The monoisotopic (exact) mass is 490 g/mol. The number of rotatable bonds is 6. The maximum Gasteiger partial charge on any atom is 0.337 e. The largest absolute Gasteiger partial charge is 0.387 e. The number of piperidine rings is 1. The Labute approximate surface area is 204 Å². The predicted octanol–water partition coefficient (Wildman–Crippen LogP) is 3.95. The first kappa shape index (κ1) is 25.9. The fraction of sp³-hybridized carbons (Fsp3) is 0.440. The molecule has 34 heavy (non-hydrogen) atoms. The number of aliphatic hydroxyl groups excluding tert-OH is 1. The molecule has 1 fully saturated rings. The molecule has 0 spiro atoms. The summed E-state index contributed by atoms with van der Waals surface area (Å²) in [7, 11) is 0. The molecule has 1 saturated heterocycles. The van der Waals surface area contributed by atoms with E-state index in [4.69, 9.17) is 0 Å². The Morgan fingerprint density at radius 3 is 2.32 bits per heavy atom. The van der Waals surface area contributed by atoms with Crippen molar-refractivity contribution in [1.29, 1.82) is 0 Å². The van der Waals surface area contributed by atoms with Crippen molar-refractivity contribution >= 4 is 29.5 Å². The van der Waals surface area contributed by atoms with Gasteiger partial charge < -0.3 is 15.3 Å². The fourth-order valence-corrected chi connectivity index (χ4v) is 4.58. The van der Waals surface area contributed by atoms with Gasteiger partial charge in [-0.1, -0.05) is 24.3 Å². The average molecular weight is 491 g/mol. The van der Waals surface area contributed by atoms with Crippen molar-refractivity contribution in [2.45, 2.75) is 38.8 Å². The van der Waals surface area contributed by atoms with Crippen molar-refractivity contribution in [2.75, 3.05) is 26.2 Å². The van der Waals surface area contributed by atoms with E-state index in [1.165, 1.54) is 16.7 Å². The summed E-state index contributed by atoms with van der Waals surface area (Å²) in [6, 6.07) is 12.8. The molecule has 3 aromatic rings. The summed E-state index contributed by atoms with van der Waals surface area (Å²) < 4.78 is 15.9. The molecule has 1 aliphatic heterocycles. The van der Waals surface area contributed by atoms with Gasteiger partial charge in [0.05, 0.1) is 17.1 Å². The first-order chi connectivity index (χ1) is 15.8.